The van der Waals surface area contributed by atoms with Crippen LogP contribution in [0.1, 0.15) is 25.1 Å². The van der Waals surface area contributed by atoms with Crippen molar-refractivity contribution in [3.63, 3.8) is 0 Å². The van der Waals surface area contributed by atoms with E-state index in [1.807, 2.05) is 18.7 Å². The third kappa shape index (κ3) is 5.18. The molecule has 1 N–H and O–H groups in total. The fraction of sp³-hybridized carbons (Fsp3) is 0.800. The van der Waals surface area contributed by atoms with Gasteiger partial charge in [0.25, 0.3) is 0 Å². The largest absolute Gasteiger partial charge is 0.426 e. The minimum Gasteiger partial charge on any atom is -0.426 e. The van der Waals surface area contributed by atoms with Crippen LogP contribution in [0.2, 0.25) is 0 Å². The zero-order valence-corrected chi connectivity index (χ0v) is 10.1. The molecule has 0 spiro atoms. The molecule has 4 nitrogen and oxygen atoms in total. The topological polar surface area (TPSA) is 59.2 Å². The van der Waals surface area contributed by atoms with E-state index in [0.717, 1.165) is 30.2 Å². The maximum absolute atomic E-state index is 8.83. The number of hydrogen-bond acceptors (Lipinski definition) is 5. The van der Waals surface area contributed by atoms with Gasteiger partial charge in [0.15, 0.2) is 0 Å². The molecule has 0 radical (unpaired) electrons. The van der Waals surface area contributed by atoms with Crippen molar-refractivity contribution in [1.82, 2.24) is 10.2 Å². The molecule has 86 valence electrons. The van der Waals surface area contributed by atoms with Gasteiger partial charge in [-0.05, 0) is 23.8 Å². The molecule has 0 aromatic carbocycles. The summed E-state index contributed by atoms with van der Waals surface area (Å²) in [6.45, 7) is 4.12. The Hall–Kier alpha value is -0.550. The predicted octanol–water partition coefficient (Wildman–Crippen LogP) is 1.67. The molecular weight excluding hydrogens is 212 g/mol. The van der Waals surface area contributed by atoms with E-state index in [1.165, 1.54) is 0 Å². The lowest BCUT2D eigenvalue weighted by atomic mass is 10.2. The molecule has 0 aliphatic carbocycles. The molecule has 1 rings (SSSR count). The smallest absolute Gasteiger partial charge is 0.216 e. The Balaban J connectivity index is 2.02. The van der Waals surface area contributed by atoms with Crippen LogP contribution in [-0.2, 0) is 6.42 Å². The summed E-state index contributed by atoms with van der Waals surface area (Å²) in [7, 11) is 0. The Kier molecular flexibility index (Phi) is 5.71. The minimum atomic E-state index is 0.274. The van der Waals surface area contributed by atoms with E-state index >= 15 is 0 Å². The first-order chi connectivity index (χ1) is 7.22. The highest BCUT2D eigenvalue weighted by molar-refractivity contribution is 7.99. The van der Waals surface area contributed by atoms with Crippen LogP contribution in [0.3, 0.4) is 0 Å². The minimum absolute atomic E-state index is 0.274. The summed E-state index contributed by atoms with van der Waals surface area (Å²) in [5.41, 5.74) is 0. The molecule has 1 aromatic heterocycles. The molecule has 1 unspecified atom stereocenters. The van der Waals surface area contributed by atoms with E-state index in [4.69, 9.17) is 9.52 Å². The van der Waals surface area contributed by atoms with E-state index in [-0.39, 0.29) is 6.61 Å². The van der Waals surface area contributed by atoms with E-state index < -0.39 is 0 Å². The fourth-order valence-corrected chi connectivity index (χ4v) is 2.12. The van der Waals surface area contributed by atoms with Gasteiger partial charge in [-0.25, -0.2) is 0 Å². The van der Waals surface area contributed by atoms with Crippen molar-refractivity contribution in [3.8, 4) is 0 Å². The van der Waals surface area contributed by atoms with Crippen molar-refractivity contribution in [3.05, 3.63) is 11.8 Å². The average Bonchev–Trinajstić information content (AvgIpc) is 2.63. The highest BCUT2D eigenvalue weighted by Crippen LogP contribution is 2.11. The third-order valence-corrected chi connectivity index (χ3v) is 3.34. The molecule has 0 aliphatic heterocycles. The number of nitrogens with zero attached hydrogens (tertiary/aromatic N) is 2. The number of aliphatic hydroxyl groups excluding tert-OH is 1. The second-order valence-corrected chi connectivity index (χ2v) is 4.83. The third-order valence-electron chi connectivity index (χ3n) is 1.96. The van der Waals surface area contributed by atoms with Gasteiger partial charge in [-0.2, -0.15) is 11.8 Å². The normalized spacial score (nSPS) is 13.0. The maximum atomic E-state index is 8.83. The van der Waals surface area contributed by atoms with Crippen molar-refractivity contribution in [2.75, 3.05) is 18.1 Å². The Bertz CT molecular complexity index is 278. The highest BCUT2D eigenvalue weighted by Gasteiger charge is 2.03. The SMILES string of the molecule is Cc1nnc(CCCSCC(C)CO)o1. The lowest BCUT2D eigenvalue weighted by molar-refractivity contribution is 0.250. The summed E-state index contributed by atoms with van der Waals surface area (Å²) in [5.74, 6) is 3.83. The van der Waals surface area contributed by atoms with Crippen LogP contribution in [0.25, 0.3) is 0 Å². The Labute approximate surface area is 94.5 Å². The van der Waals surface area contributed by atoms with Crippen LogP contribution in [0.15, 0.2) is 4.42 Å². The highest BCUT2D eigenvalue weighted by atomic mass is 32.2. The fourth-order valence-electron chi connectivity index (χ4n) is 1.10. The second kappa shape index (κ2) is 6.85. The first-order valence-electron chi connectivity index (χ1n) is 5.20. The van der Waals surface area contributed by atoms with Gasteiger partial charge in [0, 0.05) is 20.0 Å². The van der Waals surface area contributed by atoms with Crippen LogP contribution >= 0.6 is 11.8 Å². The number of thioether (sulfide) groups is 1. The summed E-state index contributed by atoms with van der Waals surface area (Å²) in [5, 5.41) is 16.5. The molecule has 15 heavy (non-hydrogen) atoms. The average molecular weight is 230 g/mol. The maximum Gasteiger partial charge on any atom is 0.216 e. The van der Waals surface area contributed by atoms with Gasteiger partial charge in [0.05, 0.1) is 0 Å². The lowest BCUT2D eigenvalue weighted by Crippen LogP contribution is -2.04. The van der Waals surface area contributed by atoms with Gasteiger partial charge >= 0.3 is 0 Å². The van der Waals surface area contributed by atoms with E-state index in [0.29, 0.717) is 11.8 Å². The van der Waals surface area contributed by atoms with Crippen LogP contribution in [0.4, 0.5) is 0 Å². The number of hydrogen-bond donors (Lipinski definition) is 1. The van der Waals surface area contributed by atoms with Crippen LogP contribution in [-0.4, -0.2) is 33.4 Å². The van der Waals surface area contributed by atoms with E-state index in [1.54, 1.807) is 6.92 Å². The summed E-state index contributed by atoms with van der Waals surface area (Å²) in [6, 6.07) is 0. The van der Waals surface area contributed by atoms with Crippen molar-refractivity contribution >= 4 is 11.8 Å². The zero-order valence-electron chi connectivity index (χ0n) is 9.27. The van der Waals surface area contributed by atoms with Crippen LogP contribution in [0.5, 0.6) is 0 Å². The molecule has 1 heterocycles. The molecule has 0 saturated heterocycles. The van der Waals surface area contributed by atoms with E-state index in [9.17, 15) is 0 Å². The summed E-state index contributed by atoms with van der Waals surface area (Å²) in [6.07, 6.45) is 1.89. The number of aryl methyl sites for hydroxylation is 2. The van der Waals surface area contributed by atoms with Gasteiger partial charge in [0.2, 0.25) is 11.8 Å². The summed E-state index contributed by atoms with van der Waals surface area (Å²) in [4.78, 5) is 0. The Morgan fingerprint density at radius 2 is 2.27 bits per heavy atom. The standard InChI is InChI=1S/C10H18N2O2S/c1-8(6-13)7-15-5-3-4-10-12-11-9(2)14-10/h8,13H,3-7H2,1-2H3. The molecule has 0 fully saturated rings. The quantitative estimate of drug-likeness (QED) is 0.722. The molecule has 5 heteroatoms. The summed E-state index contributed by atoms with van der Waals surface area (Å²) >= 11 is 1.86. The molecule has 1 atom stereocenters. The zero-order chi connectivity index (χ0) is 11.1. The summed E-state index contributed by atoms with van der Waals surface area (Å²) < 4.78 is 5.26. The number of aromatic nitrogens is 2. The molecule has 1 aromatic rings. The predicted molar refractivity (Wildman–Crippen MR) is 60.9 cm³/mol. The lowest BCUT2D eigenvalue weighted by Gasteiger charge is -2.05. The molecule has 0 amide bonds. The van der Waals surface area contributed by atoms with Crippen molar-refractivity contribution in [2.24, 2.45) is 5.92 Å². The van der Waals surface area contributed by atoms with Gasteiger partial charge in [0.1, 0.15) is 0 Å². The van der Waals surface area contributed by atoms with Gasteiger partial charge in [-0.1, -0.05) is 6.92 Å². The van der Waals surface area contributed by atoms with Crippen LogP contribution < -0.4 is 0 Å². The molecule has 0 saturated carbocycles. The van der Waals surface area contributed by atoms with Crippen molar-refractivity contribution in [1.29, 1.82) is 0 Å². The number of aliphatic hydroxyl groups is 1. The van der Waals surface area contributed by atoms with Crippen LogP contribution in [0, 0.1) is 12.8 Å². The Morgan fingerprint density at radius 1 is 1.47 bits per heavy atom. The first-order valence-corrected chi connectivity index (χ1v) is 6.35. The second-order valence-electron chi connectivity index (χ2n) is 3.68. The molecule has 0 aliphatic rings. The molecular formula is C10H18N2O2S. The van der Waals surface area contributed by atoms with Gasteiger partial charge < -0.3 is 9.52 Å². The Morgan fingerprint density at radius 3 is 2.87 bits per heavy atom. The van der Waals surface area contributed by atoms with E-state index in [2.05, 4.69) is 10.2 Å². The molecule has 0 bridgehead atoms. The van der Waals surface area contributed by atoms with Gasteiger partial charge in [-0.15, -0.1) is 10.2 Å². The van der Waals surface area contributed by atoms with Crippen molar-refractivity contribution in [2.45, 2.75) is 26.7 Å². The number of rotatable bonds is 7. The monoisotopic (exact) mass is 230 g/mol. The first kappa shape index (κ1) is 12.5. The van der Waals surface area contributed by atoms with Crippen molar-refractivity contribution < 1.29 is 9.52 Å². The van der Waals surface area contributed by atoms with Gasteiger partial charge in [-0.3, -0.25) is 0 Å².